The van der Waals surface area contributed by atoms with Gasteiger partial charge in [-0.05, 0) is 57.3 Å². The predicted octanol–water partition coefficient (Wildman–Crippen LogP) is 2.86. The fraction of sp³-hybridized carbons (Fsp3) is 0.750. The molecule has 0 spiro atoms. The first kappa shape index (κ1) is 16.0. The highest BCUT2D eigenvalue weighted by Crippen LogP contribution is 2.33. The molecule has 2 N–H and O–H groups in total. The summed E-state index contributed by atoms with van der Waals surface area (Å²) in [4.78, 5) is 6.60. The number of nitrogens with two attached hydrogens (primary N) is 1. The quantitative estimate of drug-likeness (QED) is 0.927. The Bertz CT molecular complexity index is 416. The van der Waals surface area contributed by atoms with E-state index in [1.807, 2.05) is 11.3 Å². The van der Waals surface area contributed by atoms with Gasteiger partial charge in [0.2, 0.25) is 0 Å². The van der Waals surface area contributed by atoms with Crippen LogP contribution in [0.15, 0.2) is 11.4 Å². The number of aryl methyl sites for hydroxylation is 1. The molecule has 2 rings (SSSR count). The van der Waals surface area contributed by atoms with E-state index in [-0.39, 0.29) is 6.04 Å². The third kappa shape index (κ3) is 3.42. The van der Waals surface area contributed by atoms with Crippen molar-refractivity contribution in [1.82, 2.24) is 9.80 Å². The van der Waals surface area contributed by atoms with Gasteiger partial charge < -0.3 is 10.6 Å². The summed E-state index contributed by atoms with van der Waals surface area (Å²) in [5.74, 6) is 0. The van der Waals surface area contributed by atoms with Crippen LogP contribution in [0.1, 0.15) is 43.2 Å². The highest BCUT2D eigenvalue weighted by Gasteiger charge is 2.32. The van der Waals surface area contributed by atoms with Gasteiger partial charge in [-0.1, -0.05) is 6.92 Å². The maximum absolute atomic E-state index is 6.38. The summed E-state index contributed by atoms with van der Waals surface area (Å²) < 4.78 is 0. The molecule has 0 aliphatic carbocycles. The molecule has 3 atom stereocenters. The number of hydrogen-bond acceptors (Lipinski definition) is 4. The standard InChI is InChI=1S/C16H29N3S/c1-5-14-11-18(4)8-6-9-19(14)15(13(3)17)16-12(2)7-10-20-16/h7,10,13-15H,5-6,8-9,11,17H2,1-4H3. The van der Waals surface area contributed by atoms with Gasteiger partial charge in [0.05, 0.1) is 6.04 Å². The van der Waals surface area contributed by atoms with Crippen molar-refractivity contribution in [2.45, 2.75) is 51.7 Å². The minimum atomic E-state index is 0.171. The molecule has 2 heterocycles. The van der Waals surface area contributed by atoms with Gasteiger partial charge in [0.1, 0.15) is 0 Å². The van der Waals surface area contributed by atoms with Crippen LogP contribution in [-0.2, 0) is 0 Å². The minimum absolute atomic E-state index is 0.171. The first-order valence-corrected chi connectivity index (χ1v) is 8.66. The summed E-state index contributed by atoms with van der Waals surface area (Å²) in [6.07, 6.45) is 2.43. The van der Waals surface area contributed by atoms with Gasteiger partial charge in [-0.3, -0.25) is 4.90 Å². The smallest absolute Gasteiger partial charge is 0.0596 e. The lowest BCUT2D eigenvalue weighted by molar-refractivity contribution is 0.115. The molecule has 114 valence electrons. The molecular formula is C16H29N3S. The average molecular weight is 295 g/mol. The van der Waals surface area contributed by atoms with E-state index in [1.165, 1.54) is 29.8 Å². The van der Waals surface area contributed by atoms with E-state index in [1.54, 1.807) is 0 Å². The van der Waals surface area contributed by atoms with E-state index in [9.17, 15) is 0 Å². The number of hydrogen-bond donors (Lipinski definition) is 1. The Morgan fingerprint density at radius 1 is 1.45 bits per heavy atom. The predicted molar refractivity (Wildman–Crippen MR) is 88.3 cm³/mol. The van der Waals surface area contributed by atoms with Crippen LogP contribution >= 0.6 is 11.3 Å². The third-order valence-electron chi connectivity index (χ3n) is 4.44. The van der Waals surface area contributed by atoms with Crippen molar-refractivity contribution in [2.24, 2.45) is 5.73 Å². The SMILES string of the molecule is CCC1CN(C)CCCN1C(c1sccc1C)C(C)N. The number of nitrogens with zero attached hydrogens (tertiary/aromatic N) is 2. The lowest BCUT2D eigenvalue weighted by Crippen LogP contribution is -2.47. The van der Waals surface area contributed by atoms with Crippen molar-refractivity contribution in [2.75, 3.05) is 26.7 Å². The van der Waals surface area contributed by atoms with Crippen LogP contribution in [0, 0.1) is 6.92 Å². The van der Waals surface area contributed by atoms with E-state index >= 15 is 0 Å². The lowest BCUT2D eigenvalue weighted by atomic mass is 10.0. The van der Waals surface area contributed by atoms with E-state index in [0.717, 1.165) is 13.1 Å². The summed E-state index contributed by atoms with van der Waals surface area (Å²) in [5.41, 5.74) is 7.77. The molecule has 3 nitrogen and oxygen atoms in total. The van der Waals surface area contributed by atoms with Crippen LogP contribution in [0.2, 0.25) is 0 Å². The first-order chi connectivity index (χ1) is 9.54. The Hall–Kier alpha value is -0.420. The molecule has 0 bridgehead atoms. The fourth-order valence-corrected chi connectivity index (χ4v) is 4.53. The van der Waals surface area contributed by atoms with Gasteiger partial charge in [0.15, 0.2) is 0 Å². The minimum Gasteiger partial charge on any atom is -0.326 e. The Labute approximate surface area is 127 Å². The summed E-state index contributed by atoms with van der Waals surface area (Å²) >= 11 is 1.86. The maximum Gasteiger partial charge on any atom is 0.0596 e. The van der Waals surface area contributed by atoms with Crippen molar-refractivity contribution in [1.29, 1.82) is 0 Å². The molecule has 1 saturated heterocycles. The summed E-state index contributed by atoms with van der Waals surface area (Å²) in [6, 6.07) is 3.37. The fourth-order valence-electron chi connectivity index (χ4n) is 3.37. The zero-order valence-corrected chi connectivity index (χ0v) is 14.1. The second kappa shape index (κ2) is 7.03. The molecule has 0 aromatic carbocycles. The molecule has 1 aliphatic rings. The molecule has 1 aromatic heterocycles. The molecule has 3 unspecified atom stereocenters. The number of likely N-dealkylation sites (N-methyl/N-ethyl adjacent to an activating group) is 1. The molecular weight excluding hydrogens is 266 g/mol. The molecule has 0 saturated carbocycles. The normalized spacial score (nSPS) is 25.4. The topological polar surface area (TPSA) is 32.5 Å². The highest BCUT2D eigenvalue weighted by molar-refractivity contribution is 7.10. The molecule has 0 radical (unpaired) electrons. The van der Waals surface area contributed by atoms with E-state index in [4.69, 9.17) is 5.73 Å². The van der Waals surface area contributed by atoms with Crippen LogP contribution in [0.25, 0.3) is 0 Å². The Balaban J connectivity index is 2.29. The van der Waals surface area contributed by atoms with Crippen molar-refractivity contribution < 1.29 is 0 Å². The number of rotatable bonds is 4. The largest absolute Gasteiger partial charge is 0.326 e. The van der Waals surface area contributed by atoms with Gasteiger partial charge >= 0.3 is 0 Å². The van der Waals surface area contributed by atoms with Gasteiger partial charge in [0, 0.05) is 30.1 Å². The highest BCUT2D eigenvalue weighted by atomic mass is 32.1. The zero-order chi connectivity index (χ0) is 14.7. The third-order valence-corrected chi connectivity index (χ3v) is 5.53. The van der Waals surface area contributed by atoms with Gasteiger partial charge in [-0.25, -0.2) is 0 Å². The Morgan fingerprint density at radius 2 is 2.20 bits per heavy atom. The van der Waals surface area contributed by atoms with Crippen molar-refractivity contribution in [3.63, 3.8) is 0 Å². The van der Waals surface area contributed by atoms with Crippen molar-refractivity contribution in [3.05, 3.63) is 21.9 Å². The molecule has 1 aromatic rings. The first-order valence-electron chi connectivity index (χ1n) is 7.78. The van der Waals surface area contributed by atoms with Crippen LogP contribution in [0.3, 0.4) is 0 Å². The summed E-state index contributed by atoms with van der Waals surface area (Å²) in [7, 11) is 2.24. The van der Waals surface area contributed by atoms with E-state index < -0.39 is 0 Å². The number of thiophene rings is 1. The van der Waals surface area contributed by atoms with Crippen LogP contribution in [0.5, 0.6) is 0 Å². The molecule has 0 amide bonds. The summed E-state index contributed by atoms with van der Waals surface area (Å²) in [5, 5.41) is 2.20. The van der Waals surface area contributed by atoms with Gasteiger partial charge in [-0.2, -0.15) is 0 Å². The molecule has 4 heteroatoms. The molecule has 1 aliphatic heterocycles. The molecule has 1 fully saturated rings. The summed E-state index contributed by atoms with van der Waals surface area (Å²) in [6.45, 7) is 10.2. The van der Waals surface area contributed by atoms with Crippen LogP contribution in [0.4, 0.5) is 0 Å². The van der Waals surface area contributed by atoms with Gasteiger partial charge in [-0.15, -0.1) is 11.3 Å². The zero-order valence-electron chi connectivity index (χ0n) is 13.3. The maximum atomic E-state index is 6.38. The monoisotopic (exact) mass is 295 g/mol. The van der Waals surface area contributed by atoms with E-state index in [0.29, 0.717) is 12.1 Å². The van der Waals surface area contributed by atoms with Crippen molar-refractivity contribution >= 4 is 11.3 Å². The second-order valence-electron chi connectivity index (χ2n) is 6.19. The lowest BCUT2D eigenvalue weighted by Gasteiger charge is -2.39. The van der Waals surface area contributed by atoms with Crippen LogP contribution in [-0.4, -0.2) is 48.6 Å². The van der Waals surface area contributed by atoms with Crippen molar-refractivity contribution in [3.8, 4) is 0 Å². The Morgan fingerprint density at radius 3 is 2.75 bits per heavy atom. The van der Waals surface area contributed by atoms with Gasteiger partial charge in [0.25, 0.3) is 0 Å². The second-order valence-corrected chi connectivity index (χ2v) is 7.14. The Kier molecular flexibility index (Phi) is 5.61. The average Bonchev–Trinajstić information content (AvgIpc) is 2.71. The molecule has 20 heavy (non-hydrogen) atoms. The van der Waals surface area contributed by atoms with E-state index in [2.05, 4.69) is 49.1 Å². The van der Waals surface area contributed by atoms with Crippen LogP contribution < -0.4 is 5.73 Å².